The number of hydrogen-bond acceptors (Lipinski definition) is 3. The molecular formula is C10H12N4. The number of pyridine rings is 1. The Hall–Kier alpha value is -1.68. The normalized spacial score (nSPS) is 10.4. The smallest absolute Gasteiger partial charge is 0.142 e. The molecule has 0 aromatic carbocycles. The van der Waals surface area contributed by atoms with Crippen LogP contribution >= 0.6 is 0 Å². The van der Waals surface area contributed by atoms with Crippen molar-refractivity contribution in [1.82, 2.24) is 14.5 Å². The molecule has 4 nitrogen and oxygen atoms in total. The molecule has 0 saturated heterocycles. The van der Waals surface area contributed by atoms with Gasteiger partial charge in [-0.25, -0.2) is 9.97 Å². The molecule has 0 amide bonds. The van der Waals surface area contributed by atoms with Gasteiger partial charge in [0.2, 0.25) is 0 Å². The zero-order chi connectivity index (χ0) is 9.97. The summed E-state index contributed by atoms with van der Waals surface area (Å²) in [5.41, 5.74) is 7.63. The Kier molecular flexibility index (Phi) is 2.28. The van der Waals surface area contributed by atoms with Gasteiger partial charge in [0.1, 0.15) is 12.1 Å². The van der Waals surface area contributed by atoms with E-state index in [1.807, 2.05) is 29.8 Å². The predicted octanol–water partition coefficient (Wildman–Crippen LogP) is 1.03. The van der Waals surface area contributed by atoms with E-state index in [9.17, 15) is 0 Å². The van der Waals surface area contributed by atoms with Crippen LogP contribution in [0.1, 0.15) is 11.3 Å². The van der Waals surface area contributed by atoms with Crippen LogP contribution in [0.5, 0.6) is 0 Å². The molecule has 0 atom stereocenters. The topological polar surface area (TPSA) is 56.7 Å². The number of aryl methyl sites for hydroxylation is 1. The second-order valence-electron chi connectivity index (χ2n) is 3.11. The highest BCUT2D eigenvalue weighted by molar-refractivity contribution is 5.35. The Morgan fingerprint density at radius 2 is 2.29 bits per heavy atom. The summed E-state index contributed by atoms with van der Waals surface area (Å²) in [7, 11) is 0. The van der Waals surface area contributed by atoms with Gasteiger partial charge in [-0.2, -0.15) is 0 Å². The van der Waals surface area contributed by atoms with Gasteiger partial charge in [-0.3, -0.25) is 4.57 Å². The van der Waals surface area contributed by atoms with E-state index in [4.69, 9.17) is 5.73 Å². The van der Waals surface area contributed by atoms with Gasteiger partial charge in [0.15, 0.2) is 0 Å². The first-order valence-corrected chi connectivity index (χ1v) is 4.46. The molecule has 0 fully saturated rings. The second kappa shape index (κ2) is 3.59. The molecule has 2 rings (SSSR count). The first-order chi connectivity index (χ1) is 6.81. The maximum atomic E-state index is 5.63. The van der Waals surface area contributed by atoms with Crippen molar-refractivity contribution in [3.8, 4) is 5.82 Å². The highest BCUT2D eigenvalue weighted by Gasteiger charge is 2.04. The van der Waals surface area contributed by atoms with E-state index >= 15 is 0 Å². The lowest BCUT2D eigenvalue weighted by Crippen LogP contribution is -2.06. The van der Waals surface area contributed by atoms with E-state index in [1.165, 1.54) is 0 Å². The lowest BCUT2D eigenvalue weighted by atomic mass is 10.2. The molecule has 14 heavy (non-hydrogen) atoms. The number of nitrogens with two attached hydrogens (primary N) is 1. The summed E-state index contributed by atoms with van der Waals surface area (Å²) in [4.78, 5) is 8.42. The minimum absolute atomic E-state index is 0.487. The molecule has 0 spiro atoms. The van der Waals surface area contributed by atoms with E-state index in [1.54, 1.807) is 12.5 Å². The van der Waals surface area contributed by atoms with Crippen LogP contribution < -0.4 is 5.73 Å². The third-order valence-electron chi connectivity index (χ3n) is 2.06. The molecule has 2 N–H and O–H groups in total. The molecule has 2 aromatic rings. The zero-order valence-corrected chi connectivity index (χ0v) is 8.01. The molecular weight excluding hydrogens is 176 g/mol. The first-order valence-electron chi connectivity index (χ1n) is 4.46. The van der Waals surface area contributed by atoms with Gasteiger partial charge in [-0.05, 0) is 13.0 Å². The number of nitrogens with zero attached hydrogens (tertiary/aromatic N) is 3. The van der Waals surface area contributed by atoms with E-state index < -0.39 is 0 Å². The number of hydrogen-bond donors (Lipinski definition) is 1. The molecule has 72 valence electrons. The van der Waals surface area contributed by atoms with Crippen molar-refractivity contribution in [2.75, 3.05) is 0 Å². The van der Waals surface area contributed by atoms with Crippen molar-refractivity contribution in [3.05, 3.63) is 42.1 Å². The fourth-order valence-corrected chi connectivity index (χ4v) is 1.34. The summed E-state index contributed by atoms with van der Waals surface area (Å²) < 4.78 is 1.87. The third kappa shape index (κ3) is 1.52. The van der Waals surface area contributed by atoms with Crippen LogP contribution in [0.2, 0.25) is 0 Å². The fourth-order valence-electron chi connectivity index (χ4n) is 1.34. The lowest BCUT2D eigenvalue weighted by molar-refractivity contribution is 0.920. The average molecular weight is 188 g/mol. The molecule has 4 heteroatoms. The molecule has 2 aromatic heterocycles. The minimum Gasteiger partial charge on any atom is -0.326 e. The van der Waals surface area contributed by atoms with Crippen LogP contribution in [0.3, 0.4) is 0 Å². The Morgan fingerprint density at radius 3 is 2.93 bits per heavy atom. The number of rotatable bonds is 2. The van der Waals surface area contributed by atoms with Crippen LogP contribution in [0.15, 0.2) is 30.9 Å². The van der Waals surface area contributed by atoms with Crippen molar-refractivity contribution in [2.45, 2.75) is 13.5 Å². The quantitative estimate of drug-likeness (QED) is 0.766. The summed E-state index contributed by atoms with van der Waals surface area (Å²) in [6, 6.07) is 3.96. The summed E-state index contributed by atoms with van der Waals surface area (Å²) in [5.74, 6) is 0.866. The fraction of sp³-hybridized carbons (Fsp3) is 0.200. The maximum Gasteiger partial charge on any atom is 0.142 e. The molecule has 2 heterocycles. The average Bonchev–Trinajstić information content (AvgIpc) is 2.70. The van der Waals surface area contributed by atoms with Crippen LogP contribution in [-0.2, 0) is 6.54 Å². The second-order valence-corrected chi connectivity index (χ2v) is 3.11. The molecule has 0 aliphatic rings. The van der Waals surface area contributed by atoms with Crippen molar-refractivity contribution in [1.29, 1.82) is 0 Å². The standard InChI is InChI=1S/C10H12N4/c1-8-2-3-9(6-11)10(13-8)14-5-4-12-7-14/h2-5,7H,6,11H2,1H3. The highest BCUT2D eigenvalue weighted by Crippen LogP contribution is 2.11. The third-order valence-corrected chi connectivity index (χ3v) is 2.06. The minimum atomic E-state index is 0.487. The van der Waals surface area contributed by atoms with Gasteiger partial charge in [0.05, 0.1) is 0 Å². The van der Waals surface area contributed by atoms with Crippen molar-refractivity contribution in [2.24, 2.45) is 5.73 Å². The molecule has 0 saturated carbocycles. The van der Waals surface area contributed by atoms with Gasteiger partial charge in [0.25, 0.3) is 0 Å². The van der Waals surface area contributed by atoms with E-state index in [-0.39, 0.29) is 0 Å². The highest BCUT2D eigenvalue weighted by atomic mass is 15.1. The van der Waals surface area contributed by atoms with Crippen LogP contribution in [-0.4, -0.2) is 14.5 Å². The van der Waals surface area contributed by atoms with E-state index in [0.29, 0.717) is 6.54 Å². The first kappa shape index (κ1) is 8.90. The van der Waals surface area contributed by atoms with Gasteiger partial charge >= 0.3 is 0 Å². The summed E-state index contributed by atoms with van der Waals surface area (Å²) in [6.07, 6.45) is 5.31. The van der Waals surface area contributed by atoms with Crippen LogP contribution in [0.4, 0.5) is 0 Å². The largest absolute Gasteiger partial charge is 0.326 e. The molecule has 0 radical (unpaired) electrons. The number of aromatic nitrogens is 3. The van der Waals surface area contributed by atoms with Gasteiger partial charge in [-0.15, -0.1) is 0 Å². The summed E-state index contributed by atoms with van der Waals surface area (Å²) in [5, 5.41) is 0. The number of imidazole rings is 1. The molecule has 0 aliphatic carbocycles. The Morgan fingerprint density at radius 1 is 1.43 bits per heavy atom. The van der Waals surface area contributed by atoms with Crippen molar-refractivity contribution < 1.29 is 0 Å². The molecule has 0 bridgehead atoms. The molecule has 0 unspecified atom stereocenters. The Balaban J connectivity index is 2.55. The van der Waals surface area contributed by atoms with Gasteiger partial charge < -0.3 is 5.73 Å². The van der Waals surface area contributed by atoms with Crippen LogP contribution in [0.25, 0.3) is 5.82 Å². The van der Waals surface area contributed by atoms with Crippen LogP contribution in [0, 0.1) is 6.92 Å². The van der Waals surface area contributed by atoms with Gasteiger partial charge in [-0.1, -0.05) is 6.07 Å². The van der Waals surface area contributed by atoms with Gasteiger partial charge in [0, 0.05) is 30.2 Å². The zero-order valence-electron chi connectivity index (χ0n) is 8.01. The van der Waals surface area contributed by atoms with Crippen molar-refractivity contribution >= 4 is 0 Å². The SMILES string of the molecule is Cc1ccc(CN)c(-n2ccnc2)n1. The summed E-state index contributed by atoms with van der Waals surface area (Å²) >= 11 is 0. The summed E-state index contributed by atoms with van der Waals surface area (Å²) in [6.45, 7) is 2.45. The lowest BCUT2D eigenvalue weighted by Gasteiger charge is -2.07. The van der Waals surface area contributed by atoms with E-state index in [2.05, 4.69) is 9.97 Å². The molecule has 0 aliphatic heterocycles. The Bertz CT molecular complexity index is 420. The Labute approximate surface area is 82.4 Å². The maximum absolute atomic E-state index is 5.63. The predicted molar refractivity (Wildman–Crippen MR) is 54.0 cm³/mol. The van der Waals surface area contributed by atoms with E-state index in [0.717, 1.165) is 17.1 Å². The van der Waals surface area contributed by atoms with Crippen molar-refractivity contribution in [3.63, 3.8) is 0 Å². The monoisotopic (exact) mass is 188 g/mol.